The lowest BCUT2D eigenvalue weighted by atomic mass is 9.69. The molecule has 3 fully saturated rings. The van der Waals surface area contributed by atoms with E-state index < -0.39 is 22.2 Å². The first kappa shape index (κ1) is 25.3. The normalized spacial score (nSPS) is 26.1. The lowest BCUT2D eigenvalue weighted by Crippen LogP contribution is -2.57. The minimum atomic E-state index is -5.08. The van der Waals surface area contributed by atoms with Gasteiger partial charge in [0.15, 0.2) is 0 Å². The number of carbonyl (C=O) groups is 1. The van der Waals surface area contributed by atoms with Crippen molar-refractivity contribution in [1.29, 1.82) is 0 Å². The molecule has 0 radical (unpaired) electrons. The number of aliphatic carboxylic acids is 1. The van der Waals surface area contributed by atoms with E-state index in [2.05, 4.69) is 9.62 Å². The highest BCUT2D eigenvalue weighted by Crippen LogP contribution is 2.41. The number of likely N-dealkylation sites (tertiary alicyclic amines) is 1. The molecular formula is C18H31F3N2O6S. The number of nitrogens with zero attached hydrogens (tertiary/aromatic N) is 1. The summed E-state index contributed by atoms with van der Waals surface area (Å²) < 4.78 is 68.9. The Morgan fingerprint density at radius 3 is 2.20 bits per heavy atom. The Kier molecular flexibility index (Phi) is 8.92. The van der Waals surface area contributed by atoms with Crippen molar-refractivity contribution in [3.05, 3.63) is 0 Å². The van der Waals surface area contributed by atoms with E-state index in [1.807, 2.05) is 0 Å². The van der Waals surface area contributed by atoms with Gasteiger partial charge >= 0.3 is 12.1 Å². The Morgan fingerprint density at radius 2 is 1.70 bits per heavy atom. The third-order valence-corrected chi connectivity index (χ3v) is 6.79. The summed E-state index contributed by atoms with van der Waals surface area (Å²) in [6.45, 7) is 6.37. The maximum Gasteiger partial charge on any atom is 0.490 e. The van der Waals surface area contributed by atoms with Gasteiger partial charge in [0, 0.05) is 26.4 Å². The Bertz CT molecular complexity index is 659. The minimum absolute atomic E-state index is 0.0727. The number of carboxylic acid groups (broad SMARTS) is 1. The lowest BCUT2D eigenvalue weighted by molar-refractivity contribution is -0.192. The third-order valence-electron chi connectivity index (χ3n) is 6.08. The van der Waals surface area contributed by atoms with Gasteiger partial charge in [0.2, 0.25) is 10.0 Å². The molecule has 3 aliphatic rings. The van der Waals surface area contributed by atoms with Gasteiger partial charge in [-0.25, -0.2) is 17.9 Å². The van der Waals surface area contributed by atoms with Gasteiger partial charge in [0.05, 0.1) is 18.9 Å². The van der Waals surface area contributed by atoms with Gasteiger partial charge in [-0.05, 0) is 56.5 Å². The van der Waals surface area contributed by atoms with Gasteiger partial charge in [0.1, 0.15) is 0 Å². The average molecular weight is 461 g/mol. The molecule has 0 aromatic rings. The third kappa shape index (κ3) is 7.95. The van der Waals surface area contributed by atoms with Gasteiger partial charge in [-0.15, -0.1) is 0 Å². The second-order valence-electron chi connectivity index (χ2n) is 8.29. The molecule has 0 saturated carbocycles. The number of hydrogen-bond acceptors (Lipinski definition) is 6. The zero-order chi connectivity index (χ0) is 22.4. The maximum absolute atomic E-state index is 11.7. The molecule has 8 nitrogen and oxygen atoms in total. The van der Waals surface area contributed by atoms with Crippen molar-refractivity contribution in [3.8, 4) is 0 Å². The Labute approximate surface area is 175 Å². The van der Waals surface area contributed by atoms with Crippen LogP contribution in [0.4, 0.5) is 13.2 Å². The summed E-state index contributed by atoms with van der Waals surface area (Å²) in [5.41, 5.74) is 0.0769. The quantitative estimate of drug-likeness (QED) is 0.655. The fourth-order valence-corrected chi connectivity index (χ4v) is 5.15. The molecule has 1 unspecified atom stereocenters. The van der Waals surface area contributed by atoms with E-state index >= 15 is 0 Å². The van der Waals surface area contributed by atoms with E-state index in [-0.39, 0.29) is 11.5 Å². The van der Waals surface area contributed by atoms with Gasteiger partial charge in [-0.1, -0.05) is 0 Å². The highest BCUT2D eigenvalue weighted by Gasteiger charge is 2.44. The van der Waals surface area contributed by atoms with E-state index in [0.29, 0.717) is 6.61 Å². The molecule has 176 valence electrons. The van der Waals surface area contributed by atoms with E-state index in [1.54, 1.807) is 0 Å². The standard InChI is InChI=1S/C16H30N2O4S.C2HF3O2/c1-23(19,20)17-15-13-22-11-6-16(15)4-7-18(8-5-16)12-14-2-9-21-10-3-14;3-2(4,5)1(6)7/h14-15,17H,2-13H2,1H3;(H,6,7). The fourth-order valence-electron chi connectivity index (χ4n) is 4.32. The van der Waals surface area contributed by atoms with Crippen LogP contribution in [0.2, 0.25) is 0 Å². The van der Waals surface area contributed by atoms with Gasteiger partial charge in [-0.2, -0.15) is 13.2 Å². The number of nitrogens with one attached hydrogen (secondary N) is 1. The van der Waals surface area contributed by atoms with Crippen molar-refractivity contribution in [2.75, 3.05) is 52.3 Å². The number of hydrogen-bond donors (Lipinski definition) is 2. The van der Waals surface area contributed by atoms with Crippen LogP contribution < -0.4 is 4.72 Å². The van der Waals surface area contributed by atoms with Crippen LogP contribution in [0.5, 0.6) is 0 Å². The second kappa shape index (κ2) is 10.6. The molecule has 1 atom stereocenters. The molecule has 3 aliphatic heterocycles. The first-order valence-corrected chi connectivity index (χ1v) is 12.0. The molecule has 12 heteroatoms. The summed E-state index contributed by atoms with van der Waals surface area (Å²) in [6.07, 6.45) is 1.60. The zero-order valence-electron chi connectivity index (χ0n) is 17.1. The van der Waals surface area contributed by atoms with Gasteiger partial charge in [0.25, 0.3) is 0 Å². The lowest BCUT2D eigenvalue weighted by Gasteiger charge is -2.49. The minimum Gasteiger partial charge on any atom is -0.475 e. The largest absolute Gasteiger partial charge is 0.490 e. The number of ether oxygens (including phenoxy) is 2. The first-order chi connectivity index (χ1) is 13.9. The van der Waals surface area contributed by atoms with Crippen molar-refractivity contribution in [2.45, 2.75) is 44.3 Å². The smallest absolute Gasteiger partial charge is 0.475 e. The molecule has 0 aromatic heterocycles. The van der Waals surface area contributed by atoms with Crippen molar-refractivity contribution < 1.29 is 41.0 Å². The van der Waals surface area contributed by atoms with Gasteiger partial charge < -0.3 is 19.5 Å². The summed E-state index contributed by atoms with van der Waals surface area (Å²) in [7, 11) is -3.19. The summed E-state index contributed by atoms with van der Waals surface area (Å²) in [4.78, 5) is 11.5. The highest BCUT2D eigenvalue weighted by atomic mass is 32.2. The van der Waals surface area contributed by atoms with E-state index in [4.69, 9.17) is 19.4 Å². The first-order valence-electron chi connectivity index (χ1n) is 10.1. The van der Waals surface area contributed by atoms with Crippen LogP contribution in [-0.4, -0.2) is 88.9 Å². The molecule has 1 spiro atoms. The number of rotatable bonds is 4. The Hall–Kier alpha value is -0.950. The SMILES string of the molecule is CS(=O)(=O)NC1COCCC12CCN(CC1CCOCC1)CC2.O=C(O)C(F)(F)F. The molecular weight excluding hydrogens is 429 g/mol. The van der Waals surface area contributed by atoms with Crippen LogP contribution in [0.3, 0.4) is 0 Å². The summed E-state index contributed by atoms with van der Waals surface area (Å²) in [5.74, 6) is -2.00. The molecule has 0 bridgehead atoms. The molecule has 30 heavy (non-hydrogen) atoms. The topological polar surface area (TPSA) is 105 Å². The Morgan fingerprint density at radius 1 is 1.13 bits per heavy atom. The van der Waals surface area contributed by atoms with Crippen LogP contribution in [0.25, 0.3) is 0 Å². The highest BCUT2D eigenvalue weighted by molar-refractivity contribution is 7.88. The number of piperidine rings is 1. The van der Waals surface area contributed by atoms with Crippen molar-refractivity contribution in [1.82, 2.24) is 9.62 Å². The molecule has 3 rings (SSSR count). The fraction of sp³-hybridized carbons (Fsp3) is 0.944. The van der Waals surface area contributed by atoms with Crippen LogP contribution >= 0.6 is 0 Å². The van der Waals surface area contributed by atoms with Crippen LogP contribution in [-0.2, 0) is 24.3 Å². The molecule has 2 N–H and O–H groups in total. The summed E-state index contributed by atoms with van der Waals surface area (Å²) in [5, 5.41) is 7.12. The summed E-state index contributed by atoms with van der Waals surface area (Å²) in [6, 6.07) is -0.0727. The molecule has 0 amide bonds. The van der Waals surface area contributed by atoms with E-state index in [9.17, 15) is 21.6 Å². The van der Waals surface area contributed by atoms with Crippen molar-refractivity contribution >= 4 is 16.0 Å². The average Bonchev–Trinajstić information content (AvgIpc) is 2.65. The number of sulfonamides is 1. The van der Waals surface area contributed by atoms with Crippen LogP contribution in [0.15, 0.2) is 0 Å². The second-order valence-corrected chi connectivity index (χ2v) is 10.1. The van der Waals surface area contributed by atoms with E-state index in [0.717, 1.165) is 58.1 Å². The predicted octanol–water partition coefficient (Wildman–Crippen LogP) is 1.47. The Balaban J connectivity index is 0.000000396. The number of alkyl halides is 3. The molecule has 3 saturated heterocycles. The van der Waals surface area contributed by atoms with Crippen LogP contribution in [0, 0.1) is 11.3 Å². The number of carboxylic acids is 1. The van der Waals surface area contributed by atoms with Gasteiger partial charge in [-0.3, -0.25) is 0 Å². The van der Waals surface area contributed by atoms with E-state index in [1.165, 1.54) is 25.6 Å². The predicted molar refractivity (Wildman–Crippen MR) is 103 cm³/mol. The maximum atomic E-state index is 11.7. The molecule has 0 aromatic carbocycles. The van der Waals surface area contributed by atoms with Crippen molar-refractivity contribution in [2.24, 2.45) is 11.3 Å². The van der Waals surface area contributed by atoms with Crippen molar-refractivity contribution in [3.63, 3.8) is 0 Å². The molecule has 3 heterocycles. The zero-order valence-corrected chi connectivity index (χ0v) is 17.9. The monoisotopic (exact) mass is 460 g/mol. The number of halogens is 3. The molecule has 0 aliphatic carbocycles. The van der Waals surface area contributed by atoms with Crippen LogP contribution in [0.1, 0.15) is 32.1 Å². The summed E-state index contributed by atoms with van der Waals surface area (Å²) >= 11 is 0.